The number of nitrogens with zero attached hydrogens (tertiary/aromatic N) is 1. The minimum absolute atomic E-state index is 0.0477. The lowest BCUT2D eigenvalue weighted by atomic mass is 9.75. The maximum atomic E-state index is 12.3. The van der Waals surface area contributed by atoms with E-state index in [1.54, 1.807) is 6.07 Å². The van der Waals surface area contributed by atoms with Crippen molar-refractivity contribution in [2.45, 2.75) is 30.9 Å². The van der Waals surface area contributed by atoms with Gasteiger partial charge in [-0.25, -0.2) is 0 Å². The second kappa shape index (κ2) is 8.10. The molecule has 1 N–H and O–H groups in total. The van der Waals surface area contributed by atoms with Crippen molar-refractivity contribution in [2.24, 2.45) is 11.8 Å². The summed E-state index contributed by atoms with van der Waals surface area (Å²) in [6.45, 7) is 0.0477. The lowest BCUT2D eigenvalue weighted by Gasteiger charge is -2.34. The van der Waals surface area contributed by atoms with E-state index in [1.165, 1.54) is 0 Å². The standard InChI is InChI=1S/C16H18Cl2N2OS/c17-13-6-5-10(9-14(13)18)15(22)11-3-1-2-4-12(11)16(21)20-8-7-19/h5-6,9,11-12,15,22H,1-4,8H2,(H,20,21). The van der Waals surface area contributed by atoms with E-state index in [-0.39, 0.29) is 29.5 Å². The number of nitrogens with one attached hydrogen (secondary N) is 1. The zero-order valence-corrected chi connectivity index (χ0v) is 14.5. The molecule has 1 aromatic carbocycles. The van der Waals surface area contributed by atoms with E-state index in [4.69, 9.17) is 41.1 Å². The van der Waals surface area contributed by atoms with Crippen molar-refractivity contribution in [1.29, 1.82) is 5.26 Å². The van der Waals surface area contributed by atoms with Crippen LogP contribution in [0.25, 0.3) is 0 Å². The molecule has 3 atom stereocenters. The average Bonchev–Trinajstić information content (AvgIpc) is 2.54. The van der Waals surface area contributed by atoms with Crippen LogP contribution in [-0.2, 0) is 4.79 Å². The number of amides is 1. The Labute approximate surface area is 146 Å². The Morgan fingerprint density at radius 3 is 2.77 bits per heavy atom. The maximum absolute atomic E-state index is 12.3. The highest BCUT2D eigenvalue weighted by atomic mass is 35.5. The molecule has 1 aliphatic carbocycles. The van der Waals surface area contributed by atoms with Crippen LogP contribution < -0.4 is 5.32 Å². The van der Waals surface area contributed by atoms with Crippen LogP contribution in [0, 0.1) is 23.2 Å². The summed E-state index contributed by atoms with van der Waals surface area (Å²) in [5.41, 5.74) is 0.975. The van der Waals surface area contributed by atoms with Crippen molar-refractivity contribution >= 4 is 41.7 Å². The lowest BCUT2D eigenvalue weighted by molar-refractivity contribution is -0.127. The van der Waals surface area contributed by atoms with Gasteiger partial charge in [-0.05, 0) is 36.5 Å². The van der Waals surface area contributed by atoms with Crippen molar-refractivity contribution in [3.8, 4) is 6.07 Å². The molecule has 118 valence electrons. The van der Waals surface area contributed by atoms with Gasteiger partial charge in [-0.2, -0.15) is 17.9 Å². The summed E-state index contributed by atoms with van der Waals surface area (Å²) in [5, 5.41) is 12.2. The van der Waals surface area contributed by atoms with Crippen molar-refractivity contribution in [3.63, 3.8) is 0 Å². The first-order valence-corrected chi connectivity index (χ1v) is 8.59. The number of halogens is 2. The van der Waals surface area contributed by atoms with Crippen LogP contribution in [0.5, 0.6) is 0 Å². The highest BCUT2D eigenvalue weighted by molar-refractivity contribution is 7.80. The van der Waals surface area contributed by atoms with Crippen molar-refractivity contribution in [2.75, 3.05) is 6.54 Å². The van der Waals surface area contributed by atoms with Gasteiger partial charge in [0.2, 0.25) is 5.91 Å². The van der Waals surface area contributed by atoms with Crippen molar-refractivity contribution < 1.29 is 4.79 Å². The average molecular weight is 357 g/mol. The molecule has 1 aromatic rings. The molecule has 0 aliphatic heterocycles. The zero-order chi connectivity index (χ0) is 16.1. The van der Waals surface area contributed by atoms with Gasteiger partial charge in [0.05, 0.1) is 16.1 Å². The van der Waals surface area contributed by atoms with E-state index in [0.29, 0.717) is 10.0 Å². The molecule has 22 heavy (non-hydrogen) atoms. The van der Waals surface area contributed by atoms with Gasteiger partial charge in [-0.3, -0.25) is 4.79 Å². The first-order chi connectivity index (χ1) is 10.5. The van der Waals surface area contributed by atoms with Gasteiger partial charge in [0.25, 0.3) is 0 Å². The third-order valence-electron chi connectivity index (χ3n) is 4.19. The van der Waals surface area contributed by atoms with E-state index >= 15 is 0 Å². The first-order valence-electron chi connectivity index (χ1n) is 7.32. The highest BCUT2D eigenvalue weighted by Gasteiger charge is 2.35. The van der Waals surface area contributed by atoms with Crippen molar-refractivity contribution in [3.05, 3.63) is 33.8 Å². The molecule has 3 unspecified atom stereocenters. The number of hydrogen-bond acceptors (Lipinski definition) is 3. The largest absolute Gasteiger partial charge is 0.343 e. The minimum Gasteiger partial charge on any atom is -0.343 e. The normalized spacial score (nSPS) is 22.6. The van der Waals surface area contributed by atoms with E-state index in [9.17, 15) is 4.79 Å². The number of nitriles is 1. The number of hydrogen-bond donors (Lipinski definition) is 2. The van der Waals surface area contributed by atoms with Crippen LogP contribution in [0.2, 0.25) is 10.0 Å². The van der Waals surface area contributed by atoms with Gasteiger partial charge in [0.1, 0.15) is 6.54 Å². The SMILES string of the molecule is N#CCNC(=O)C1CCCCC1C(S)c1ccc(Cl)c(Cl)c1. The first kappa shape index (κ1) is 17.5. The summed E-state index contributed by atoms with van der Waals surface area (Å²) in [6, 6.07) is 7.43. The molecule has 1 saturated carbocycles. The zero-order valence-electron chi connectivity index (χ0n) is 12.1. The minimum atomic E-state index is -0.112. The number of benzene rings is 1. The number of carbonyl (C=O) groups is 1. The second-order valence-corrected chi connectivity index (χ2v) is 6.92. The molecular weight excluding hydrogens is 339 g/mol. The van der Waals surface area contributed by atoms with Gasteiger partial charge in [0.15, 0.2) is 0 Å². The summed E-state index contributed by atoms with van der Waals surface area (Å²) >= 11 is 16.8. The van der Waals surface area contributed by atoms with Gasteiger partial charge >= 0.3 is 0 Å². The quantitative estimate of drug-likeness (QED) is 0.619. The fourth-order valence-electron chi connectivity index (χ4n) is 3.06. The third kappa shape index (κ3) is 4.10. The summed E-state index contributed by atoms with van der Waals surface area (Å²) in [4.78, 5) is 12.3. The van der Waals surface area contributed by atoms with Crippen LogP contribution in [0.1, 0.15) is 36.5 Å². The van der Waals surface area contributed by atoms with Gasteiger partial charge < -0.3 is 5.32 Å². The van der Waals surface area contributed by atoms with E-state index < -0.39 is 0 Å². The maximum Gasteiger partial charge on any atom is 0.224 e. The third-order valence-corrected chi connectivity index (χ3v) is 5.61. The molecule has 0 heterocycles. The Bertz CT molecular complexity index is 588. The van der Waals surface area contributed by atoms with Gasteiger partial charge in [0, 0.05) is 11.2 Å². The van der Waals surface area contributed by atoms with Crippen LogP contribution in [0.3, 0.4) is 0 Å². The second-order valence-electron chi connectivity index (χ2n) is 5.55. The molecule has 1 fully saturated rings. The predicted octanol–water partition coefficient (Wildman–Crippen LogP) is 4.41. The fraction of sp³-hybridized carbons (Fsp3) is 0.500. The van der Waals surface area contributed by atoms with E-state index in [2.05, 4.69) is 5.32 Å². The fourth-order valence-corrected chi connectivity index (χ4v) is 3.89. The van der Waals surface area contributed by atoms with Crippen LogP contribution in [0.4, 0.5) is 0 Å². The molecule has 1 aliphatic rings. The molecule has 0 bridgehead atoms. The molecule has 2 rings (SSSR count). The Balaban J connectivity index is 2.17. The monoisotopic (exact) mass is 356 g/mol. The summed E-state index contributed by atoms with van der Waals surface area (Å²) in [6.07, 6.45) is 3.90. The smallest absolute Gasteiger partial charge is 0.224 e. The molecule has 0 radical (unpaired) electrons. The van der Waals surface area contributed by atoms with Gasteiger partial charge in [-0.1, -0.05) is 42.1 Å². The molecule has 6 heteroatoms. The highest BCUT2D eigenvalue weighted by Crippen LogP contribution is 2.43. The van der Waals surface area contributed by atoms with Crippen LogP contribution in [0.15, 0.2) is 18.2 Å². The summed E-state index contributed by atoms with van der Waals surface area (Å²) in [5.74, 6) is -0.0302. The van der Waals surface area contributed by atoms with Crippen LogP contribution in [-0.4, -0.2) is 12.5 Å². The van der Waals surface area contributed by atoms with Gasteiger partial charge in [-0.15, -0.1) is 0 Å². The Morgan fingerprint density at radius 1 is 1.36 bits per heavy atom. The lowest BCUT2D eigenvalue weighted by Crippen LogP contribution is -2.38. The Hall–Kier alpha value is -0.890. The van der Waals surface area contributed by atoms with E-state index in [1.807, 2.05) is 18.2 Å². The topological polar surface area (TPSA) is 52.9 Å². The number of thiol groups is 1. The molecule has 0 saturated heterocycles. The number of carbonyl (C=O) groups excluding carboxylic acids is 1. The molecular formula is C16H18Cl2N2OS. The summed E-state index contributed by atoms with van der Waals surface area (Å²) < 4.78 is 0. The summed E-state index contributed by atoms with van der Waals surface area (Å²) in [7, 11) is 0. The molecule has 1 amide bonds. The molecule has 0 aromatic heterocycles. The predicted molar refractivity (Wildman–Crippen MR) is 92.3 cm³/mol. The number of rotatable bonds is 4. The Kier molecular flexibility index (Phi) is 6.43. The Morgan fingerprint density at radius 2 is 2.09 bits per heavy atom. The molecule has 3 nitrogen and oxygen atoms in total. The molecule has 0 spiro atoms. The van der Waals surface area contributed by atoms with E-state index in [0.717, 1.165) is 31.2 Å². The van der Waals surface area contributed by atoms with Crippen molar-refractivity contribution in [1.82, 2.24) is 5.32 Å². The van der Waals surface area contributed by atoms with Crippen LogP contribution >= 0.6 is 35.8 Å².